The maximum Gasteiger partial charge on any atom is 0.402 e. The van der Waals surface area contributed by atoms with Crippen LogP contribution in [-0.2, 0) is 10.2 Å². The van der Waals surface area contributed by atoms with Gasteiger partial charge in [0, 0.05) is 0 Å². The predicted octanol–water partition coefficient (Wildman–Crippen LogP) is 1.69. The van der Waals surface area contributed by atoms with Gasteiger partial charge >= 0.3 is 6.18 Å². The molecule has 9 heteroatoms. The molecule has 0 spiro atoms. The lowest BCUT2D eigenvalue weighted by Gasteiger charge is -2.14. The number of halogens is 3. The molecule has 1 aromatic rings. The van der Waals surface area contributed by atoms with E-state index in [4.69, 9.17) is 5.73 Å². The van der Waals surface area contributed by atoms with E-state index in [1.807, 2.05) is 4.72 Å². The molecule has 1 rings (SSSR count). The molecule has 0 radical (unpaired) electrons. The van der Waals surface area contributed by atoms with E-state index in [1.165, 1.54) is 16.9 Å². The zero-order valence-electron chi connectivity index (χ0n) is 10.3. The first-order valence-electron chi connectivity index (χ1n) is 5.21. The molecule has 0 aliphatic rings. The molecule has 0 bridgehead atoms. The van der Waals surface area contributed by atoms with E-state index in [0.29, 0.717) is 0 Å². The summed E-state index contributed by atoms with van der Waals surface area (Å²) in [5.41, 5.74) is 7.40. The molecule has 5 nitrogen and oxygen atoms in total. The molecule has 0 aliphatic heterocycles. The van der Waals surface area contributed by atoms with Gasteiger partial charge in [0.2, 0.25) is 0 Å². The quantitative estimate of drug-likeness (QED) is 0.739. The Balaban J connectivity index is 2.87. The van der Waals surface area contributed by atoms with Crippen LogP contribution in [0.25, 0.3) is 0 Å². The Morgan fingerprint density at radius 3 is 2.26 bits per heavy atom. The number of nitrogen functional groups attached to an aromatic ring is 1. The van der Waals surface area contributed by atoms with Crippen molar-refractivity contribution in [2.45, 2.75) is 20.0 Å². The van der Waals surface area contributed by atoms with E-state index in [2.05, 4.69) is 0 Å². The molecule has 0 fully saturated rings. The molecule has 0 aromatic heterocycles. The third kappa shape index (κ3) is 4.95. The highest BCUT2D eigenvalue weighted by Crippen LogP contribution is 2.23. The van der Waals surface area contributed by atoms with Crippen LogP contribution in [0.2, 0.25) is 0 Å². The molecular formula is C10H14F3N3O2S. The van der Waals surface area contributed by atoms with E-state index >= 15 is 0 Å². The van der Waals surface area contributed by atoms with Crippen molar-refractivity contribution >= 4 is 21.6 Å². The summed E-state index contributed by atoms with van der Waals surface area (Å²) in [4.78, 5) is 0. The van der Waals surface area contributed by atoms with E-state index in [0.717, 1.165) is 11.1 Å². The average Bonchev–Trinajstić information content (AvgIpc) is 2.22. The normalized spacial score (nSPS) is 12.5. The van der Waals surface area contributed by atoms with Gasteiger partial charge < -0.3 is 5.73 Å². The van der Waals surface area contributed by atoms with Gasteiger partial charge in [-0.05, 0) is 37.1 Å². The number of anilines is 2. The number of alkyl halides is 3. The Morgan fingerprint density at radius 1 is 1.21 bits per heavy atom. The van der Waals surface area contributed by atoms with Crippen molar-refractivity contribution in [1.29, 1.82) is 0 Å². The monoisotopic (exact) mass is 297 g/mol. The second kappa shape index (κ2) is 5.25. The maximum atomic E-state index is 11.9. The smallest absolute Gasteiger partial charge is 0.397 e. The van der Waals surface area contributed by atoms with Gasteiger partial charge in [-0.2, -0.15) is 26.3 Å². The standard InChI is InChI=1S/C10H14F3N3O2S/c1-6-3-8(14)9(4-7(6)2)16-19(17,18)15-5-10(11,12)13/h3-4,15-16H,5,14H2,1-2H3. The molecule has 19 heavy (non-hydrogen) atoms. The Hall–Kier alpha value is -1.48. The molecule has 0 saturated carbocycles. The van der Waals surface area contributed by atoms with Crippen LogP contribution in [0.15, 0.2) is 12.1 Å². The fourth-order valence-electron chi connectivity index (χ4n) is 1.28. The van der Waals surface area contributed by atoms with Gasteiger partial charge in [-0.3, -0.25) is 4.72 Å². The van der Waals surface area contributed by atoms with E-state index in [-0.39, 0.29) is 11.4 Å². The maximum absolute atomic E-state index is 11.9. The Bertz CT molecular complexity index is 570. The lowest BCUT2D eigenvalue weighted by Crippen LogP contribution is -2.37. The van der Waals surface area contributed by atoms with Gasteiger partial charge in [0.1, 0.15) is 6.54 Å². The van der Waals surface area contributed by atoms with Crippen LogP contribution in [-0.4, -0.2) is 21.1 Å². The van der Waals surface area contributed by atoms with Crippen LogP contribution in [0.4, 0.5) is 24.5 Å². The van der Waals surface area contributed by atoms with Crippen LogP contribution >= 0.6 is 0 Å². The molecule has 0 saturated heterocycles. The largest absolute Gasteiger partial charge is 0.402 e. The van der Waals surface area contributed by atoms with Crippen molar-refractivity contribution in [3.63, 3.8) is 0 Å². The molecule has 0 atom stereocenters. The number of aryl methyl sites for hydroxylation is 2. The molecule has 4 N–H and O–H groups in total. The topological polar surface area (TPSA) is 84.2 Å². The zero-order valence-corrected chi connectivity index (χ0v) is 11.1. The number of nitrogens with two attached hydrogens (primary N) is 1. The highest BCUT2D eigenvalue weighted by Gasteiger charge is 2.29. The number of hydrogen-bond donors (Lipinski definition) is 3. The Labute approximate surface area is 109 Å². The van der Waals surface area contributed by atoms with E-state index in [9.17, 15) is 21.6 Å². The third-order valence-electron chi connectivity index (χ3n) is 2.37. The lowest BCUT2D eigenvalue weighted by atomic mass is 10.1. The van der Waals surface area contributed by atoms with Gasteiger partial charge in [-0.15, -0.1) is 0 Å². The second-order valence-corrected chi connectivity index (χ2v) is 5.57. The number of hydrogen-bond acceptors (Lipinski definition) is 3. The summed E-state index contributed by atoms with van der Waals surface area (Å²) in [5, 5.41) is 0. The molecule has 0 unspecified atom stereocenters. The Morgan fingerprint density at radius 2 is 1.74 bits per heavy atom. The van der Waals surface area contributed by atoms with Crippen molar-refractivity contribution in [1.82, 2.24) is 4.72 Å². The van der Waals surface area contributed by atoms with Gasteiger partial charge in [0.15, 0.2) is 0 Å². The van der Waals surface area contributed by atoms with Gasteiger partial charge in [-0.1, -0.05) is 0 Å². The molecule has 0 aliphatic carbocycles. The first kappa shape index (κ1) is 15.6. The van der Waals surface area contributed by atoms with Gasteiger partial charge in [-0.25, -0.2) is 0 Å². The number of benzene rings is 1. The van der Waals surface area contributed by atoms with Crippen molar-refractivity contribution < 1.29 is 21.6 Å². The summed E-state index contributed by atoms with van der Waals surface area (Å²) < 4.78 is 62.0. The minimum absolute atomic E-state index is 0.0396. The van der Waals surface area contributed by atoms with Gasteiger partial charge in [0.25, 0.3) is 10.2 Å². The highest BCUT2D eigenvalue weighted by atomic mass is 32.2. The number of rotatable bonds is 4. The second-order valence-electron chi connectivity index (χ2n) is 4.07. The summed E-state index contributed by atoms with van der Waals surface area (Å²) in [6, 6.07) is 2.99. The van der Waals surface area contributed by atoms with Crippen LogP contribution in [0, 0.1) is 13.8 Å². The molecule has 1 aromatic carbocycles. The fourth-order valence-corrected chi connectivity index (χ4v) is 2.18. The van der Waals surface area contributed by atoms with Crippen molar-refractivity contribution in [3.05, 3.63) is 23.3 Å². The van der Waals surface area contributed by atoms with Crippen molar-refractivity contribution in [2.24, 2.45) is 0 Å². The Kier molecular flexibility index (Phi) is 4.31. The van der Waals surface area contributed by atoms with E-state index in [1.54, 1.807) is 13.8 Å². The van der Waals surface area contributed by atoms with Crippen molar-refractivity contribution in [3.8, 4) is 0 Å². The predicted molar refractivity (Wildman–Crippen MR) is 66.9 cm³/mol. The first-order chi connectivity index (χ1) is 8.50. The molecule has 108 valence electrons. The number of nitrogens with one attached hydrogen (secondary N) is 2. The lowest BCUT2D eigenvalue weighted by molar-refractivity contribution is -0.121. The zero-order chi connectivity index (χ0) is 14.8. The SMILES string of the molecule is Cc1cc(N)c(NS(=O)(=O)NCC(F)(F)F)cc1C. The minimum Gasteiger partial charge on any atom is -0.397 e. The highest BCUT2D eigenvalue weighted by molar-refractivity contribution is 7.90. The summed E-state index contributed by atoms with van der Waals surface area (Å²) in [6.45, 7) is 1.87. The fraction of sp³-hybridized carbons (Fsp3) is 0.400. The van der Waals surface area contributed by atoms with Crippen molar-refractivity contribution in [2.75, 3.05) is 17.0 Å². The average molecular weight is 297 g/mol. The third-order valence-corrected chi connectivity index (χ3v) is 3.39. The summed E-state index contributed by atoms with van der Waals surface area (Å²) in [5.74, 6) is 0. The van der Waals surface area contributed by atoms with E-state index < -0.39 is 22.9 Å². The molecular weight excluding hydrogens is 283 g/mol. The molecule has 0 heterocycles. The van der Waals surface area contributed by atoms with Crippen LogP contribution in [0.1, 0.15) is 11.1 Å². The summed E-state index contributed by atoms with van der Waals surface area (Å²) in [6.07, 6.45) is -4.62. The molecule has 0 amide bonds. The summed E-state index contributed by atoms with van der Waals surface area (Å²) in [7, 11) is -4.32. The van der Waals surface area contributed by atoms with Gasteiger partial charge in [0.05, 0.1) is 11.4 Å². The van der Waals surface area contributed by atoms with Crippen LogP contribution in [0.5, 0.6) is 0 Å². The van der Waals surface area contributed by atoms with Crippen LogP contribution in [0.3, 0.4) is 0 Å². The minimum atomic E-state index is -4.62. The van der Waals surface area contributed by atoms with Crippen LogP contribution < -0.4 is 15.2 Å². The summed E-state index contributed by atoms with van der Waals surface area (Å²) >= 11 is 0. The first-order valence-corrected chi connectivity index (χ1v) is 6.69.